The van der Waals surface area contributed by atoms with E-state index in [4.69, 9.17) is 4.74 Å². The Balaban J connectivity index is 0.00000288. The maximum absolute atomic E-state index is 5.71. The van der Waals surface area contributed by atoms with Gasteiger partial charge in [0.2, 0.25) is 0 Å². The van der Waals surface area contributed by atoms with Gasteiger partial charge < -0.3 is 15.0 Å². The number of nitrogens with zero attached hydrogens (tertiary/aromatic N) is 4. The second-order valence-electron chi connectivity index (χ2n) is 6.12. The molecule has 24 heavy (non-hydrogen) atoms. The zero-order valence-corrected chi connectivity index (χ0v) is 17.7. The van der Waals surface area contributed by atoms with Crippen molar-refractivity contribution in [1.82, 2.24) is 20.0 Å². The number of hydrogen-bond donors (Lipinski definition) is 1. The Morgan fingerprint density at radius 3 is 2.62 bits per heavy atom. The second-order valence-corrected chi connectivity index (χ2v) is 6.12. The molecular formula is C17H32IN5O. The smallest absolute Gasteiger partial charge is 0.193 e. The van der Waals surface area contributed by atoms with Gasteiger partial charge in [0.15, 0.2) is 5.96 Å². The van der Waals surface area contributed by atoms with Gasteiger partial charge in [0.05, 0.1) is 11.8 Å². The summed E-state index contributed by atoms with van der Waals surface area (Å²) < 4.78 is 7.79. The number of aliphatic imine (C=N–C) groups is 1. The largest absolute Gasteiger partial charge is 0.378 e. The molecule has 2 rings (SSSR count). The van der Waals surface area contributed by atoms with Crippen LogP contribution in [-0.4, -0.2) is 60.0 Å². The summed E-state index contributed by atoms with van der Waals surface area (Å²) in [5.41, 5.74) is 2.31. The van der Waals surface area contributed by atoms with E-state index >= 15 is 0 Å². The summed E-state index contributed by atoms with van der Waals surface area (Å²) in [7, 11) is 1.86. The number of aryl methyl sites for hydroxylation is 3. The molecule has 1 fully saturated rings. The highest BCUT2D eigenvalue weighted by Crippen LogP contribution is 2.13. The average Bonchev–Trinajstić information content (AvgIpc) is 2.86. The molecule has 7 heteroatoms. The molecule has 0 unspecified atom stereocenters. The normalized spacial score (nSPS) is 16.2. The Hall–Kier alpha value is -0.830. The van der Waals surface area contributed by atoms with Crippen molar-refractivity contribution in [2.75, 3.05) is 33.3 Å². The zero-order chi connectivity index (χ0) is 16.7. The SMILES string of the molecule is CCOC1CCN(C(=NC)NCCCn2nc(C)cc2C)CC1.I. The van der Waals surface area contributed by atoms with Crippen LogP contribution in [0.1, 0.15) is 37.6 Å². The second kappa shape index (κ2) is 10.9. The van der Waals surface area contributed by atoms with E-state index in [1.54, 1.807) is 0 Å². The van der Waals surface area contributed by atoms with Crippen LogP contribution in [0.2, 0.25) is 0 Å². The van der Waals surface area contributed by atoms with Crippen LogP contribution in [0.5, 0.6) is 0 Å². The third kappa shape index (κ3) is 6.23. The van der Waals surface area contributed by atoms with Gasteiger partial charge in [-0.1, -0.05) is 0 Å². The Bertz CT molecular complexity index is 509. The van der Waals surface area contributed by atoms with E-state index in [1.807, 2.05) is 14.0 Å². The fourth-order valence-electron chi connectivity index (χ4n) is 3.13. The minimum Gasteiger partial charge on any atom is -0.378 e. The molecule has 1 aromatic heterocycles. The van der Waals surface area contributed by atoms with Gasteiger partial charge >= 0.3 is 0 Å². The van der Waals surface area contributed by atoms with Crippen LogP contribution in [0.4, 0.5) is 0 Å². The van der Waals surface area contributed by atoms with Crippen LogP contribution in [0.15, 0.2) is 11.1 Å². The molecule has 0 aliphatic carbocycles. The van der Waals surface area contributed by atoms with Gasteiger partial charge in [0.25, 0.3) is 0 Å². The summed E-state index contributed by atoms with van der Waals surface area (Å²) in [5.74, 6) is 1.01. The Labute approximate surface area is 163 Å². The van der Waals surface area contributed by atoms with Crippen molar-refractivity contribution < 1.29 is 4.74 Å². The first kappa shape index (κ1) is 21.2. The van der Waals surface area contributed by atoms with Crippen LogP contribution < -0.4 is 5.32 Å². The highest BCUT2D eigenvalue weighted by atomic mass is 127. The molecule has 0 amide bonds. The van der Waals surface area contributed by atoms with Gasteiger partial charge in [0.1, 0.15) is 0 Å². The lowest BCUT2D eigenvalue weighted by Crippen LogP contribution is -2.47. The maximum Gasteiger partial charge on any atom is 0.193 e. The minimum absolute atomic E-state index is 0. The number of ether oxygens (including phenoxy) is 1. The molecule has 0 spiro atoms. The summed E-state index contributed by atoms with van der Waals surface area (Å²) in [6.07, 6.45) is 3.62. The fourth-order valence-corrected chi connectivity index (χ4v) is 3.13. The zero-order valence-electron chi connectivity index (χ0n) is 15.4. The standard InChI is InChI=1S/C17H31N5O.HI/c1-5-23-16-7-11-21(12-8-16)17(18-4)19-9-6-10-22-15(3)13-14(2)20-22;/h13,16H,5-12H2,1-4H3,(H,18,19);1H. The van der Waals surface area contributed by atoms with Crippen molar-refractivity contribution in [2.45, 2.75) is 52.7 Å². The summed E-state index contributed by atoms with van der Waals surface area (Å²) >= 11 is 0. The van der Waals surface area contributed by atoms with Crippen molar-refractivity contribution >= 4 is 29.9 Å². The van der Waals surface area contributed by atoms with Gasteiger partial charge in [-0.25, -0.2) is 0 Å². The molecule has 1 saturated heterocycles. The molecule has 138 valence electrons. The molecule has 2 heterocycles. The molecule has 0 saturated carbocycles. The molecule has 0 radical (unpaired) electrons. The van der Waals surface area contributed by atoms with Gasteiger partial charge in [-0.3, -0.25) is 9.67 Å². The summed E-state index contributed by atoms with van der Waals surface area (Å²) in [5, 5.41) is 7.97. The highest BCUT2D eigenvalue weighted by molar-refractivity contribution is 14.0. The van der Waals surface area contributed by atoms with E-state index in [1.165, 1.54) is 5.69 Å². The Kier molecular flexibility index (Phi) is 9.65. The van der Waals surface area contributed by atoms with Crippen LogP contribution in [0.3, 0.4) is 0 Å². The topological polar surface area (TPSA) is 54.7 Å². The van der Waals surface area contributed by atoms with E-state index in [0.717, 1.165) is 63.7 Å². The van der Waals surface area contributed by atoms with Crippen LogP contribution in [0.25, 0.3) is 0 Å². The lowest BCUT2D eigenvalue weighted by atomic mass is 10.1. The number of piperidine rings is 1. The number of guanidine groups is 1. The number of nitrogens with one attached hydrogen (secondary N) is 1. The number of rotatable bonds is 6. The molecule has 0 bridgehead atoms. The first-order valence-corrected chi connectivity index (χ1v) is 8.72. The number of likely N-dealkylation sites (tertiary alicyclic amines) is 1. The monoisotopic (exact) mass is 449 g/mol. The van der Waals surface area contributed by atoms with Gasteiger partial charge in [-0.15, -0.1) is 24.0 Å². The summed E-state index contributed by atoms with van der Waals surface area (Å²) in [6.45, 7) is 10.9. The third-order valence-corrected chi connectivity index (χ3v) is 4.29. The van der Waals surface area contributed by atoms with Crippen molar-refractivity contribution in [3.63, 3.8) is 0 Å². The van der Waals surface area contributed by atoms with E-state index in [2.05, 4.69) is 44.9 Å². The lowest BCUT2D eigenvalue weighted by Gasteiger charge is -2.34. The maximum atomic E-state index is 5.71. The van der Waals surface area contributed by atoms with Crippen molar-refractivity contribution in [3.05, 3.63) is 17.5 Å². The minimum atomic E-state index is 0. The predicted molar refractivity (Wildman–Crippen MR) is 109 cm³/mol. The predicted octanol–water partition coefficient (Wildman–Crippen LogP) is 2.58. The first-order valence-electron chi connectivity index (χ1n) is 8.72. The quantitative estimate of drug-likeness (QED) is 0.314. The lowest BCUT2D eigenvalue weighted by molar-refractivity contribution is 0.0264. The molecular weight excluding hydrogens is 417 g/mol. The molecule has 1 aliphatic heterocycles. The number of aromatic nitrogens is 2. The van der Waals surface area contributed by atoms with E-state index in [9.17, 15) is 0 Å². The van der Waals surface area contributed by atoms with E-state index < -0.39 is 0 Å². The average molecular weight is 449 g/mol. The third-order valence-electron chi connectivity index (χ3n) is 4.29. The molecule has 1 aromatic rings. The molecule has 1 N–H and O–H groups in total. The van der Waals surface area contributed by atoms with Crippen molar-refractivity contribution in [2.24, 2.45) is 4.99 Å². The first-order chi connectivity index (χ1) is 11.1. The molecule has 0 aromatic carbocycles. The van der Waals surface area contributed by atoms with E-state index in [-0.39, 0.29) is 24.0 Å². The number of hydrogen-bond acceptors (Lipinski definition) is 3. The van der Waals surface area contributed by atoms with E-state index in [0.29, 0.717) is 6.10 Å². The van der Waals surface area contributed by atoms with Gasteiger partial charge in [-0.05, 0) is 46.1 Å². The summed E-state index contributed by atoms with van der Waals surface area (Å²) in [6, 6.07) is 2.12. The fraction of sp³-hybridized carbons (Fsp3) is 0.765. The highest BCUT2D eigenvalue weighted by Gasteiger charge is 2.21. The van der Waals surface area contributed by atoms with Gasteiger partial charge in [0, 0.05) is 45.5 Å². The van der Waals surface area contributed by atoms with Gasteiger partial charge in [-0.2, -0.15) is 5.10 Å². The van der Waals surface area contributed by atoms with Crippen LogP contribution in [-0.2, 0) is 11.3 Å². The molecule has 6 nitrogen and oxygen atoms in total. The Morgan fingerprint density at radius 2 is 2.08 bits per heavy atom. The molecule has 0 atom stereocenters. The van der Waals surface area contributed by atoms with Crippen LogP contribution >= 0.6 is 24.0 Å². The van der Waals surface area contributed by atoms with Crippen molar-refractivity contribution in [1.29, 1.82) is 0 Å². The number of halogens is 1. The van der Waals surface area contributed by atoms with Crippen LogP contribution in [0, 0.1) is 13.8 Å². The molecule has 1 aliphatic rings. The van der Waals surface area contributed by atoms with Crippen molar-refractivity contribution in [3.8, 4) is 0 Å². The Morgan fingerprint density at radius 1 is 1.38 bits per heavy atom. The summed E-state index contributed by atoms with van der Waals surface area (Å²) in [4.78, 5) is 6.75.